The molecule has 0 saturated carbocycles. The molecule has 1 unspecified atom stereocenters. The fourth-order valence-electron chi connectivity index (χ4n) is 3.98. The number of nitrogens with zero attached hydrogens (tertiary/aromatic N) is 2. The zero-order chi connectivity index (χ0) is 20.0. The maximum atomic E-state index is 13.7. The number of carboxylic acid groups (broad SMARTS) is 1. The minimum atomic E-state index is -2.85. The maximum Gasteiger partial charge on any atom is 0.338 e. The second-order valence-electron chi connectivity index (χ2n) is 7.02. The van der Waals surface area contributed by atoms with Crippen molar-refractivity contribution in [3.05, 3.63) is 29.1 Å². The van der Waals surface area contributed by atoms with E-state index in [1.54, 1.807) is 13.1 Å². The highest BCUT2D eigenvalue weighted by Gasteiger charge is 2.30. The molecule has 0 amide bonds. The molecule has 0 radical (unpaired) electrons. The van der Waals surface area contributed by atoms with Gasteiger partial charge in [-0.3, -0.25) is 0 Å². The minimum absolute atomic E-state index is 0.147. The largest absolute Gasteiger partial charge is 0.478 e. The lowest BCUT2D eigenvalue weighted by atomic mass is 9.88. The molecule has 4 nitrogen and oxygen atoms in total. The van der Waals surface area contributed by atoms with Gasteiger partial charge in [0.1, 0.15) is 11.3 Å². The first-order valence-electron chi connectivity index (χ1n) is 10.00. The van der Waals surface area contributed by atoms with E-state index in [0.717, 1.165) is 31.2 Å². The van der Waals surface area contributed by atoms with Crippen LogP contribution >= 0.6 is 0 Å². The van der Waals surface area contributed by atoms with Gasteiger partial charge in [0.05, 0.1) is 5.56 Å². The van der Waals surface area contributed by atoms with Crippen LogP contribution in [0.2, 0.25) is 0 Å². The van der Waals surface area contributed by atoms with Gasteiger partial charge in [-0.25, -0.2) is 18.6 Å². The number of carbonyl (C=O) groups is 1. The average molecular weight is 380 g/mol. The van der Waals surface area contributed by atoms with Gasteiger partial charge >= 0.3 is 5.97 Å². The number of hydrogen-bond acceptors (Lipinski definition) is 2. The molecule has 1 atom stereocenters. The first-order chi connectivity index (χ1) is 13.0. The number of halogens is 2. The van der Waals surface area contributed by atoms with Crippen LogP contribution in [-0.4, -0.2) is 20.6 Å². The number of alkyl halides is 2. The maximum absolute atomic E-state index is 13.7. The molecule has 0 fully saturated rings. The molecular formula is C21H30F2N2O2. The summed E-state index contributed by atoms with van der Waals surface area (Å²) in [6.45, 7) is 6.23. The molecule has 0 spiro atoms. The van der Waals surface area contributed by atoms with Crippen LogP contribution in [0, 0.1) is 0 Å². The van der Waals surface area contributed by atoms with Gasteiger partial charge in [-0.1, -0.05) is 46.0 Å². The highest BCUT2D eigenvalue weighted by Crippen LogP contribution is 2.38. The predicted molar refractivity (Wildman–Crippen MR) is 104 cm³/mol. The first kappa shape index (κ1) is 21.3. The summed E-state index contributed by atoms with van der Waals surface area (Å²) in [5, 5.41) is 10.1. The van der Waals surface area contributed by atoms with E-state index in [9.17, 15) is 18.7 Å². The van der Waals surface area contributed by atoms with Crippen molar-refractivity contribution in [1.29, 1.82) is 0 Å². The third-order valence-electron chi connectivity index (χ3n) is 5.34. The lowest BCUT2D eigenvalue weighted by Gasteiger charge is -2.17. The van der Waals surface area contributed by atoms with E-state index in [-0.39, 0.29) is 18.0 Å². The van der Waals surface area contributed by atoms with E-state index in [0.29, 0.717) is 11.0 Å². The Hall–Kier alpha value is -1.98. The molecule has 2 aromatic rings. The normalized spacial score (nSPS) is 12.8. The molecule has 0 aliphatic heterocycles. The van der Waals surface area contributed by atoms with E-state index in [1.807, 2.05) is 6.07 Å². The molecule has 2 aromatic heterocycles. The molecule has 0 bridgehead atoms. The third-order valence-corrected chi connectivity index (χ3v) is 5.34. The van der Waals surface area contributed by atoms with E-state index in [1.165, 1.54) is 23.8 Å². The van der Waals surface area contributed by atoms with Crippen molar-refractivity contribution in [3.63, 3.8) is 0 Å². The number of unbranched alkanes of at least 4 members (excludes halogenated alkanes) is 4. The van der Waals surface area contributed by atoms with E-state index >= 15 is 0 Å². The molecule has 150 valence electrons. The zero-order valence-corrected chi connectivity index (χ0v) is 16.5. The standard InChI is InChI=1S/C21H30F2N2O2/c1-4-7-8-9-10-11-14(5-2)15-12-13-24-20-16(15)17(21(26)27)18(19(22)23)25(20)6-3/h12-14,19H,4-11H2,1-3H3,(H,26,27). The Bertz CT molecular complexity index is 771. The number of aromatic carboxylic acids is 1. The zero-order valence-electron chi connectivity index (χ0n) is 16.5. The van der Waals surface area contributed by atoms with Gasteiger partial charge < -0.3 is 9.67 Å². The highest BCUT2D eigenvalue weighted by molar-refractivity contribution is 6.05. The molecule has 0 aliphatic rings. The first-order valence-corrected chi connectivity index (χ1v) is 10.00. The van der Waals surface area contributed by atoms with Crippen LogP contribution in [0.4, 0.5) is 8.78 Å². The Morgan fingerprint density at radius 1 is 1.19 bits per heavy atom. The van der Waals surface area contributed by atoms with Gasteiger partial charge in [0.2, 0.25) is 0 Å². The average Bonchev–Trinajstić information content (AvgIpc) is 3.00. The monoisotopic (exact) mass is 380 g/mol. The van der Waals surface area contributed by atoms with Crippen LogP contribution in [-0.2, 0) is 6.54 Å². The fourth-order valence-corrected chi connectivity index (χ4v) is 3.98. The van der Waals surface area contributed by atoms with E-state index in [4.69, 9.17) is 0 Å². The van der Waals surface area contributed by atoms with Crippen molar-refractivity contribution in [2.45, 2.75) is 84.6 Å². The molecular weight excluding hydrogens is 350 g/mol. The summed E-state index contributed by atoms with van der Waals surface area (Å²) in [7, 11) is 0. The van der Waals surface area contributed by atoms with Crippen LogP contribution in [0.15, 0.2) is 12.3 Å². The van der Waals surface area contributed by atoms with Gasteiger partial charge in [0.15, 0.2) is 0 Å². The van der Waals surface area contributed by atoms with Crippen LogP contribution in [0.3, 0.4) is 0 Å². The highest BCUT2D eigenvalue weighted by atomic mass is 19.3. The Balaban J connectivity index is 2.51. The van der Waals surface area contributed by atoms with Crippen LogP contribution in [0.25, 0.3) is 11.0 Å². The van der Waals surface area contributed by atoms with Crippen molar-refractivity contribution in [2.75, 3.05) is 0 Å². The number of hydrogen-bond donors (Lipinski definition) is 1. The Morgan fingerprint density at radius 3 is 2.44 bits per heavy atom. The Kier molecular flexibility index (Phi) is 7.75. The summed E-state index contributed by atoms with van der Waals surface area (Å²) in [5.41, 5.74) is 0.476. The number of fused-ring (bicyclic) bond motifs is 1. The summed E-state index contributed by atoms with van der Waals surface area (Å²) in [6.07, 6.45) is 6.33. The summed E-state index contributed by atoms with van der Waals surface area (Å²) in [5.74, 6) is -1.16. The number of rotatable bonds is 11. The van der Waals surface area contributed by atoms with Gasteiger partial charge in [0.25, 0.3) is 6.43 Å². The SMILES string of the molecule is CCCCCCCC(CC)c1ccnc2c1c(C(=O)O)c(C(F)F)n2CC. The minimum Gasteiger partial charge on any atom is -0.478 e. The molecule has 0 aromatic carbocycles. The summed E-state index contributed by atoms with van der Waals surface area (Å²) in [6, 6.07) is 1.81. The second kappa shape index (κ2) is 9.81. The topological polar surface area (TPSA) is 55.1 Å². The van der Waals surface area contributed by atoms with Gasteiger partial charge in [-0.15, -0.1) is 0 Å². The van der Waals surface area contributed by atoms with Crippen molar-refractivity contribution in [1.82, 2.24) is 9.55 Å². The van der Waals surface area contributed by atoms with Crippen LogP contribution in [0.5, 0.6) is 0 Å². The summed E-state index contributed by atoms with van der Waals surface area (Å²) < 4.78 is 28.7. The molecule has 2 heterocycles. The number of aromatic nitrogens is 2. The van der Waals surface area contributed by atoms with E-state index < -0.39 is 18.1 Å². The Morgan fingerprint density at radius 2 is 1.89 bits per heavy atom. The third kappa shape index (κ3) is 4.47. The number of carboxylic acids is 1. The van der Waals surface area contributed by atoms with Gasteiger partial charge in [-0.2, -0.15) is 0 Å². The lowest BCUT2D eigenvalue weighted by Crippen LogP contribution is -2.07. The van der Waals surface area contributed by atoms with Gasteiger partial charge in [0, 0.05) is 18.1 Å². The van der Waals surface area contributed by atoms with E-state index in [2.05, 4.69) is 18.8 Å². The van der Waals surface area contributed by atoms with Gasteiger partial charge in [-0.05, 0) is 37.3 Å². The van der Waals surface area contributed by atoms with Crippen molar-refractivity contribution in [2.24, 2.45) is 0 Å². The van der Waals surface area contributed by atoms with Crippen molar-refractivity contribution in [3.8, 4) is 0 Å². The van der Waals surface area contributed by atoms with Crippen LogP contribution in [0.1, 0.15) is 99.7 Å². The predicted octanol–water partition coefficient (Wildman–Crippen LogP) is 6.55. The molecule has 0 saturated heterocycles. The van der Waals surface area contributed by atoms with Crippen molar-refractivity contribution >= 4 is 17.0 Å². The van der Waals surface area contributed by atoms with Crippen molar-refractivity contribution < 1.29 is 18.7 Å². The smallest absolute Gasteiger partial charge is 0.338 e. The fraction of sp³-hybridized carbons (Fsp3) is 0.619. The lowest BCUT2D eigenvalue weighted by molar-refractivity contribution is 0.0684. The quantitative estimate of drug-likeness (QED) is 0.450. The Labute approximate surface area is 159 Å². The van der Waals surface area contributed by atoms with Crippen LogP contribution < -0.4 is 0 Å². The second-order valence-corrected chi connectivity index (χ2v) is 7.02. The molecule has 2 rings (SSSR count). The summed E-state index contributed by atoms with van der Waals surface area (Å²) >= 11 is 0. The molecule has 0 aliphatic carbocycles. The number of pyridine rings is 1. The molecule has 1 N–H and O–H groups in total. The summed E-state index contributed by atoms with van der Waals surface area (Å²) in [4.78, 5) is 16.2. The number of aryl methyl sites for hydroxylation is 1. The molecule has 27 heavy (non-hydrogen) atoms. The molecule has 6 heteroatoms.